The number of nitrogens with one attached hydrogen (secondary N) is 1. The highest BCUT2D eigenvalue weighted by Gasteiger charge is 2.10. The van der Waals surface area contributed by atoms with Gasteiger partial charge in [-0.1, -0.05) is 23.7 Å². The number of furan rings is 1. The number of halogens is 1. The Hall–Kier alpha value is -2.76. The Morgan fingerprint density at radius 2 is 1.93 bits per heavy atom. The van der Waals surface area contributed by atoms with Gasteiger partial charge in [-0.25, -0.2) is 0 Å². The first-order valence-corrected chi connectivity index (χ1v) is 8.83. The van der Waals surface area contributed by atoms with Gasteiger partial charge in [0.25, 0.3) is 5.91 Å². The van der Waals surface area contributed by atoms with Crippen LogP contribution in [0.3, 0.4) is 0 Å². The van der Waals surface area contributed by atoms with Gasteiger partial charge in [0, 0.05) is 16.3 Å². The number of aliphatic hydroxyl groups is 1. The van der Waals surface area contributed by atoms with Gasteiger partial charge in [-0.05, 0) is 61.4 Å². The molecule has 1 aromatic heterocycles. The summed E-state index contributed by atoms with van der Waals surface area (Å²) in [4.78, 5) is 12.3. The van der Waals surface area contributed by atoms with Crippen LogP contribution in [0.2, 0.25) is 5.02 Å². The van der Waals surface area contributed by atoms with E-state index in [2.05, 4.69) is 5.32 Å². The van der Waals surface area contributed by atoms with Gasteiger partial charge in [0.15, 0.2) is 6.61 Å². The molecule has 0 saturated heterocycles. The summed E-state index contributed by atoms with van der Waals surface area (Å²) in [6, 6.07) is 14.4. The zero-order valence-electron chi connectivity index (χ0n) is 15.1. The third kappa shape index (κ3) is 4.70. The summed E-state index contributed by atoms with van der Waals surface area (Å²) < 4.78 is 11.1. The molecule has 0 unspecified atom stereocenters. The number of carbonyl (C=O) groups excluding carboxylic acids is 1. The van der Waals surface area contributed by atoms with E-state index in [0.717, 1.165) is 16.7 Å². The second-order valence-electron chi connectivity index (χ2n) is 6.20. The number of aliphatic hydroxyl groups excluding tert-OH is 1. The van der Waals surface area contributed by atoms with Crippen LogP contribution in [0.4, 0.5) is 5.69 Å². The summed E-state index contributed by atoms with van der Waals surface area (Å²) in [6.07, 6.45) is 0. The molecular weight excluding hydrogens is 366 g/mol. The number of benzene rings is 2. The van der Waals surface area contributed by atoms with E-state index in [-0.39, 0.29) is 19.1 Å². The number of hydrogen-bond acceptors (Lipinski definition) is 4. The SMILES string of the molecule is Cc1cc(OCC(=O)Nc2cc(-c3ccc(CO)o3)ccc2C)ccc1Cl. The van der Waals surface area contributed by atoms with Crippen molar-refractivity contribution in [1.29, 1.82) is 0 Å². The molecule has 0 atom stereocenters. The largest absolute Gasteiger partial charge is 0.484 e. The lowest BCUT2D eigenvalue weighted by atomic mass is 10.1. The maximum atomic E-state index is 12.3. The Morgan fingerprint density at radius 3 is 2.63 bits per heavy atom. The Morgan fingerprint density at radius 1 is 1.11 bits per heavy atom. The molecule has 2 aromatic carbocycles. The third-order valence-corrected chi connectivity index (χ3v) is 4.54. The minimum Gasteiger partial charge on any atom is -0.484 e. The minimum atomic E-state index is -0.265. The topological polar surface area (TPSA) is 71.7 Å². The fourth-order valence-electron chi connectivity index (χ4n) is 2.57. The zero-order valence-corrected chi connectivity index (χ0v) is 15.8. The average Bonchev–Trinajstić information content (AvgIpc) is 3.14. The van der Waals surface area contributed by atoms with Gasteiger partial charge in [0.1, 0.15) is 23.9 Å². The van der Waals surface area contributed by atoms with E-state index >= 15 is 0 Å². The molecule has 3 aromatic rings. The van der Waals surface area contributed by atoms with Crippen molar-refractivity contribution in [3.63, 3.8) is 0 Å². The molecular formula is C21H20ClNO4. The number of rotatable bonds is 6. The number of aryl methyl sites for hydroxylation is 2. The highest BCUT2D eigenvalue weighted by molar-refractivity contribution is 6.31. The smallest absolute Gasteiger partial charge is 0.262 e. The van der Waals surface area contributed by atoms with Crippen LogP contribution in [0, 0.1) is 13.8 Å². The molecule has 140 valence electrons. The van der Waals surface area contributed by atoms with E-state index in [1.54, 1.807) is 30.3 Å². The molecule has 5 nitrogen and oxygen atoms in total. The standard InChI is InChI=1S/C21H20ClNO4/c1-13-3-4-15(20-8-6-17(11-24)27-20)10-19(13)23-21(25)12-26-16-5-7-18(22)14(2)9-16/h3-10,24H,11-12H2,1-2H3,(H,23,25). The molecule has 0 bridgehead atoms. The molecule has 0 saturated carbocycles. The normalized spacial score (nSPS) is 10.7. The van der Waals surface area contributed by atoms with Gasteiger partial charge in [0.2, 0.25) is 0 Å². The predicted molar refractivity (Wildman–Crippen MR) is 105 cm³/mol. The molecule has 6 heteroatoms. The van der Waals surface area contributed by atoms with E-state index in [1.807, 2.05) is 32.0 Å². The summed E-state index contributed by atoms with van der Waals surface area (Å²) >= 11 is 5.99. The molecule has 0 radical (unpaired) electrons. The van der Waals surface area contributed by atoms with Crippen LogP contribution in [0.25, 0.3) is 11.3 Å². The van der Waals surface area contributed by atoms with E-state index < -0.39 is 0 Å². The van der Waals surface area contributed by atoms with Crippen LogP contribution in [0.1, 0.15) is 16.9 Å². The molecule has 3 rings (SSSR count). The van der Waals surface area contributed by atoms with Gasteiger partial charge in [-0.2, -0.15) is 0 Å². The molecule has 0 fully saturated rings. The van der Waals surface area contributed by atoms with Crippen molar-refractivity contribution in [2.75, 3.05) is 11.9 Å². The highest BCUT2D eigenvalue weighted by atomic mass is 35.5. The summed E-state index contributed by atoms with van der Waals surface area (Å²) in [6.45, 7) is 3.52. The van der Waals surface area contributed by atoms with Crippen molar-refractivity contribution < 1.29 is 19.1 Å². The van der Waals surface area contributed by atoms with Crippen molar-refractivity contribution >= 4 is 23.2 Å². The van der Waals surface area contributed by atoms with Crippen molar-refractivity contribution in [1.82, 2.24) is 0 Å². The van der Waals surface area contributed by atoms with Crippen LogP contribution < -0.4 is 10.1 Å². The first-order valence-electron chi connectivity index (χ1n) is 8.45. The number of amides is 1. The van der Waals surface area contributed by atoms with Gasteiger partial charge in [-0.3, -0.25) is 4.79 Å². The van der Waals surface area contributed by atoms with E-state index in [1.165, 1.54) is 0 Å². The lowest BCUT2D eigenvalue weighted by molar-refractivity contribution is -0.118. The summed E-state index contributed by atoms with van der Waals surface area (Å²) in [5.41, 5.74) is 3.29. The highest BCUT2D eigenvalue weighted by Crippen LogP contribution is 2.27. The van der Waals surface area contributed by atoms with Crippen molar-refractivity contribution in [3.05, 3.63) is 70.4 Å². The first kappa shape index (κ1) is 19.0. The van der Waals surface area contributed by atoms with E-state index in [4.69, 9.17) is 25.9 Å². The van der Waals surface area contributed by atoms with E-state index in [0.29, 0.717) is 28.0 Å². The third-order valence-electron chi connectivity index (χ3n) is 4.11. The van der Waals surface area contributed by atoms with Gasteiger partial charge in [-0.15, -0.1) is 0 Å². The number of ether oxygens (including phenoxy) is 1. The van der Waals surface area contributed by atoms with Gasteiger partial charge in [0.05, 0.1) is 0 Å². The molecule has 1 amide bonds. The second-order valence-corrected chi connectivity index (χ2v) is 6.61. The number of carbonyl (C=O) groups is 1. The first-order chi connectivity index (χ1) is 13.0. The van der Waals surface area contributed by atoms with Crippen LogP contribution >= 0.6 is 11.6 Å². The average molecular weight is 386 g/mol. The molecule has 27 heavy (non-hydrogen) atoms. The second kappa shape index (κ2) is 8.29. The van der Waals surface area contributed by atoms with Crippen molar-refractivity contribution in [2.45, 2.75) is 20.5 Å². The predicted octanol–water partition coefficient (Wildman–Crippen LogP) is 4.73. The van der Waals surface area contributed by atoms with Crippen LogP contribution in [0.5, 0.6) is 5.75 Å². The summed E-state index contributed by atoms with van der Waals surface area (Å²) in [7, 11) is 0. The fraction of sp³-hybridized carbons (Fsp3) is 0.190. The van der Waals surface area contributed by atoms with Crippen LogP contribution in [-0.2, 0) is 11.4 Å². The monoisotopic (exact) mass is 385 g/mol. The zero-order chi connectivity index (χ0) is 19.4. The minimum absolute atomic E-state index is 0.111. The van der Waals surface area contributed by atoms with E-state index in [9.17, 15) is 4.79 Å². The van der Waals surface area contributed by atoms with Gasteiger partial charge < -0.3 is 19.6 Å². The number of hydrogen-bond donors (Lipinski definition) is 2. The summed E-state index contributed by atoms with van der Waals surface area (Å²) in [5.74, 6) is 1.44. The Balaban J connectivity index is 1.67. The van der Waals surface area contributed by atoms with Crippen molar-refractivity contribution in [2.24, 2.45) is 0 Å². The Kier molecular flexibility index (Phi) is 5.84. The quantitative estimate of drug-likeness (QED) is 0.643. The van der Waals surface area contributed by atoms with Crippen LogP contribution in [0.15, 0.2) is 52.9 Å². The lowest BCUT2D eigenvalue weighted by Crippen LogP contribution is -2.20. The van der Waals surface area contributed by atoms with Gasteiger partial charge >= 0.3 is 0 Å². The maximum absolute atomic E-state index is 12.3. The van der Waals surface area contributed by atoms with Crippen molar-refractivity contribution in [3.8, 4) is 17.1 Å². The molecule has 0 aliphatic rings. The Bertz CT molecular complexity index is 965. The molecule has 2 N–H and O–H groups in total. The maximum Gasteiger partial charge on any atom is 0.262 e. The van der Waals surface area contributed by atoms with Crippen LogP contribution in [-0.4, -0.2) is 17.6 Å². The lowest BCUT2D eigenvalue weighted by Gasteiger charge is -2.11. The summed E-state index contributed by atoms with van der Waals surface area (Å²) in [5, 5.41) is 12.6. The fourth-order valence-corrected chi connectivity index (χ4v) is 2.69. The molecule has 0 aliphatic heterocycles. The molecule has 1 heterocycles. The molecule has 0 spiro atoms. The Labute approximate surface area is 162 Å². The number of anilines is 1. The molecule has 0 aliphatic carbocycles.